The van der Waals surface area contributed by atoms with E-state index in [-0.39, 0.29) is 62.7 Å². The van der Waals surface area contributed by atoms with Crippen molar-refractivity contribution in [2.45, 2.75) is 6.04 Å². The van der Waals surface area contributed by atoms with Gasteiger partial charge in [0.15, 0.2) is 34.2 Å². The van der Waals surface area contributed by atoms with Crippen LogP contribution in [0.2, 0.25) is 0 Å². The van der Waals surface area contributed by atoms with Crippen molar-refractivity contribution in [3.8, 4) is 47.8 Å². The van der Waals surface area contributed by atoms with Gasteiger partial charge >= 0.3 is 0 Å². The van der Waals surface area contributed by atoms with Gasteiger partial charge in [0.1, 0.15) is 59.5 Å². The molecule has 0 radical (unpaired) electrons. The van der Waals surface area contributed by atoms with E-state index in [2.05, 4.69) is 24.9 Å². The fraction of sp³-hybridized carbons (Fsp3) is 0.105. The number of aromatic nitrogens is 4. The molecule has 0 saturated heterocycles. The molecule has 0 aromatic carbocycles. The van der Waals surface area contributed by atoms with Crippen molar-refractivity contribution in [2.75, 3.05) is 7.05 Å². The Labute approximate surface area is 174 Å². The average molecular weight is 400 g/mol. The van der Waals surface area contributed by atoms with Gasteiger partial charge in [0.05, 0.1) is 11.4 Å². The molecule has 1 atom stereocenters. The average Bonchev–Trinajstić information content (AvgIpc) is 2.81. The van der Waals surface area contributed by atoms with Crippen LogP contribution in [0.1, 0.15) is 40.2 Å². The lowest BCUT2D eigenvalue weighted by atomic mass is 9.89. The molecule has 0 spiro atoms. The lowest BCUT2D eigenvalue weighted by Gasteiger charge is -2.36. The summed E-state index contributed by atoms with van der Waals surface area (Å²) in [6.07, 6.45) is 0. The third-order valence-corrected chi connectivity index (χ3v) is 4.64. The lowest BCUT2D eigenvalue weighted by Crippen LogP contribution is -2.39. The van der Waals surface area contributed by atoms with Gasteiger partial charge in [0.25, 0.3) is 0 Å². The molecule has 2 aliphatic rings. The van der Waals surface area contributed by atoms with Crippen LogP contribution in [0.5, 0.6) is 0 Å². The zero-order chi connectivity index (χ0) is 22.3. The summed E-state index contributed by atoms with van der Waals surface area (Å²) >= 11 is 0. The monoisotopic (exact) mass is 400 g/mol. The fourth-order valence-electron chi connectivity index (χ4n) is 3.32. The van der Waals surface area contributed by atoms with Gasteiger partial charge < -0.3 is 4.90 Å². The van der Waals surface area contributed by atoms with Crippen LogP contribution in [-0.4, -0.2) is 37.6 Å². The Balaban J connectivity index is 2.19. The summed E-state index contributed by atoms with van der Waals surface area (Å²) in [6, 6.07) is 10.0. The van der Waals surface area contributed by atoms with E-state index in [1.165, 1.54) is 11.9 Å². The summed E-state index contributed by atoms with van der Waals surface area (Å²) in [5, 5.41) is 56.4. The van der Waals surface area contributed by atoms with Crippen molar-refractivity contribution in [2.24, 2.45) is 4.99 Å². The van der Waals surface area contributed by atoms with E-state index in [0.717, 1.165) is 0 Å². The van der Waals surface area contributed by atoms with Gasteiger partial charge in [-0.15, -0.1) is 0 Å². The summed E-state index contributed by atoms with van der Waals surface area (Å²) < 4.78 is 0. The first-order valence-corrected chi connectivity index (χ1v) is 8.33. The molecular weight excluding hydrogens is 396 g/mol. The molecule has 0 N–H and O–H groups in total. The Morgan fingerprint density at radius 1 is 0.645 bits per heavy atom. The molecule has 2 aromatic rings. The second-order valence-corrected chi connectivity index (χ2v) is 6.15. The van der Waals surface area contributed by atoms with Crippen LogP contribution in [-0.2, 0) is 0 Å². The number of allylic oxidation sites excluding steroid dienone is 2. The van der Waals surface area contributed by atoms with E-state index in [1.807, 2.05) is 12.1 Å². The number of likely N-dealkylation sites (N-methyl/N-ethyl adjacent to an activating group) is 1. The zero-order valence-corrected chi connectivity index (χ0v) is 15.4. The molecule has 3 heterocycles. The highest BCUT2D eigenvalue weighted by atomic mass is 15.2. The third-order valence-electron chi connectivity index (χ3n) is 4.64. The van der Waals surface area contributed by atoms with Crippen LogP contribution in [0.3, 0.4) is 0 Å². The van der Waals surface area contributed by atoms with Crippen LogP contribution < -0.4 is 0 Å². The number of aliphatic imine (C=N–C) groups is 1. The molecule has 2 aromatic heterocycles. The Kier molecular flexibility index (Phi) is 4.05. The molecule has 140 valence electrons. The molecule has 0 bridgehead atoms. The normalized spacial score (nSPS) is 15.4. The quantitative estimate of drug-likeness (QED) is 0.592. The van der Waals surface area contributed by atoms with Crippen molar-refractivity contribution >= 4 is 5.71 Å². The minimum Gasteiger partial charge on any atom is -0.349 e. The van der Waals surface area contributed by atoms with Crippen molar-refractivity contribution in [1.29, 1.82) is 31.6 Å². The van der Waals surface area contributed by atoms with Crippen LogP contribution in [0, 0.1) is 68.0 Å². The van der Waals surface area contributed by atoms with E-state index in [0.29, 0.717) is 0 Å². The maximum Gasteiger partial charge on any atom is 0.177 e. The van der Waals surface area contributed by atoms with Gasteiger partial charge in [0.2, 0.25) is 0 Å². The lowest BCUT2D eigenvalue weighted by molar-refractivity contribution is 0.375. The topological polar surface area (TPSA) is 210 Å². The molecular formula is C19H4N12. The first-order valence-electron chi connectivity index (χ1n) is 8.33. The van der Waals surface area contributed by atoms with Crippen LogP contribution >= 0.6 is 0 Å². The molecule has 12 heteroatoms. The smallest absolute Gasteiger partial charge is 0.177 e. The third kappa shape index (κ3) is 2.45. The van der Waals surface area contributed by atoms with E-state index in [9.17, 15) is 31.6 Å². The fourth-order valence-corrected chi connectivity index (χ4v) is 3.32. The Morgan fingerprint density at radius 3 is 1.68 bits per heavy atom. The van der Waals surface area contributed by atoms with Gasteiger partial charge in [-0.3, -0.25) is 0 Å². The van der Waals surface area contributed by atoms with Crippen LogP contribution in [0.25, 0.3) is 11.4 Å². The number of hydrogen-bond donors (Lipinski definition) is 0. The Hall–Kier alpha value is -5.69. The molecule has 1 unspecified atom stereocenters. The van der Waals surface area contributed by atoms with E-state index >= 15 is 0 Å². The molecule has 0 saturated carbocycles. The number of fused-ring (bicyclic) bond motifs is 6. The van der Waals surface area contributed by atoms with Gasteiger partial charge in [-0.1, -0.05) is 0 Å². The van der Waals surface area contributed by atoms with Crippen molar-refractivity contribution < 1.29 is 0 Å². The standard InChI is InChI=1S/C19H4N12/c1-31-13(7-25)12(6-24)30-18-16-14(26-8(2-20)9(3-21)27-16)15-17(19(18)31)29-11(5-23)10(4-22)28-15/h19H,1H3. The number of rotatable bonds is 0. The van der Waals surface area contributed by atoms with Crippen molar-refractivity contribution in [1.82, 2.24) is 24.8 Å². The first-order chi connectivity index (χ1) is 15.0. The molecule has 31 heavy (non-hydrogen) atoms. The maximum absolute atomic E-state index is 9.52. The summed E-state index contributed by atoms with van der Waals surface area (Å²) in [4.78, 5) is 22.5. The van der Waals surface area contributed by atoms with Gasteiger partial charge in [-0.25, -0.2) is 24.9 Å². The molecule has 12 nitrogen and oxygen atoms in total. The van der Waals surface area contributed by atoms with Crippen molar-refractivity contribution in [3.63, 3.8) is 0 Å². The zero-order valence-electron chi connectivity index (χ0n) is 15.4. The van der Waals surface area contributed by atoms with Crippen LogP contribution in [0.4, 0.5) is 0 Å². The van der Waals surface area contributed by atoms with Gasteiger partial charge in [0, 0.05) is 7.05 Å². The first kappa shape index (κ1) is 18.7. The molecule has 0 fully saturated rings. The molecule has 0 amide bonds. The highest BCUT2D eigenvalue weighted by Crippen LogP contribution is 2.42. The SMILES string of the molecule is CN1C(C#N)=C(C#N)N=C2c3nc(C#N)c(C#N)nc3-c3nc(C#N)c(C#N)nc3C21. The largest absolute Gasteiger partial charge is 0.349 e. The highest BCUT2D eigenvalue weighted by Gasteiger charge is 2.43. The molecule has 1 aliphatic heterocycles. The van der Waals surface area contributed by atoms with E-state index in [4.69, 9.17) is 0 Å². The molecule has 4 rings (SSSR count). The molecule has 1 aliphatic carbocycles. The minimum absolute atomic E-state index is 0.0279. The van der Waals surface area contributed by atoms with Crippen molar-refractivity contribution in [3.05, 3.63) is 45.6 Å². The predicted molar refractivity (Wildman–Crippen MR) is 97.2 cm³/mol. The predicted octanol–water partition coefficient (Wildman–Crippen LogP) is 0.468. The number of nitriles is 6. The maximum atomic E-state index is 9.52. The second kappa shape index (κ2) is 6.73. The van der Waals surface area contributed by atoms with Gasteiger partial charge in [-0.05, 0) is 0 Å². The summed E-state index contributed by atoms with van der Waals surface area (Å²) in [5.74, 6) is 0. The number of hydrogen-bond acceptors (Lipinski definition) is 12. The summed E-state index contributed by atoms with van der Waals surface area (Å²) in [7, 11) is 1.53. The Bertz CT molecular complexity index is 1520. The highest BCUT2D eigenvalue weighted by molar-refractivity contribution is 6.11. The van der Waals surface area contributed by atoms with Gasteiger partial charge in [-0.2, -0.15) is 31.6 Å². The van der Waals surface area contributed by atoms with E-state index < -0.39 is 6.04 Å². The minimum atomic E-state index is -0.893. The summed E-state index contributed by atoms with van der Waals surface area (Å²) in [6.45, 7) is 0. The van der Waals surface area contributed by atoms with Crippen LogP contribution in [0.15, 0.2) is 16.4 Å². The second-order valence-electron chi connectivity index (χ2n) is 6.15. The van der Waals surface area contributed by atoms with E-state index in [1.54, 1.807) is 24.3 Å². The summed E-state index contributed by atoms with van der Waals surface area (Å²) in [5.41, 5.74) is -0.806. The number of nitrogens with zero attached hydrogens (tertiary/aromatic N) is 12. The Morgan fingerprint density at radius 2 is 1.16 bits per heavy atom.